The van der Waals surface area contributed by atoms with Gasteiger partial charge in [-0.15, -0.1) is 16.8 Å². The Morgan fingerprint density at radius 2 is 2.00 bits per heavy atom. The minimum absolute atomic E-state index is 0.257. The van der Waals surface area contributed by atoms with Crippen LogP contribution in [0.25, 0.3) is 0 Å². The molecule has 0 saturated carbocycles. The molecule has 0 atom stereocenters. The molecular weight excluding hydrogens is 401 g/mol. The molecule has 0 spiro atoms. The van der Waals surface area contributed by atoms with Crippen molar-refractivity contribution in [1.29, 1.82) is 0 Å². The van der Waals surface area contributed by atoms with Crippen LogP contribution in [0.1, 0.15) is 17.0 Å². The lowest BCUT2D eigenvalue weighted by Crippen LogP contribution is -2.07. The summed E-state index contributed by atoms with van der Waals surface area (Å²) in [5.74, 6) is 2.10. The van der Waals surface area contributed by atoms with Crippen molar-refractivity contribution in [3.05, 3.63) is 82.1 Å². The number of benzene rings is 2. The third-order valence-electron chi connectivity index (χ3n) is 3.97. The molecule has 0 aliphatic rings. The third kappa shape index (κ3) is 5.06. The maximum atomic E-state index is 6.16. The third-order valence-corrected chi connectivity index (χ3v) is 5.52. The van der Waals surface area contributed by atoms with E-state index in [9.17, 15) is 0 Å². The molecule has 0 amide bonds. The second-order valence-electron chi connectivity index (χ2n) is 5.88. The molecule has 2 aromatic carbocycles. The van der Waals surface area contributed by atoms with Gasteiger partial charge in [-0.1, -0.05) is 65.3 Å². The van der Waals surface area contributed by atoms with Gasteiger partial charge in [0.15, 0.2) is 11.0 Å². The fourth-order valence-electron chi connectivity index (χ4n) is 2.49. The minimum Gasteiger partial charge on any atom is -0.484 e. The van der Waals surface area contributed by atoms with Crippen molar-refractivity contribution in [1.82, 2.24) is 14.8 Å². The highest BCUT2D eigenvalue weighted by Gasteiger charge is 2.14. The fourth-order valence-corrected chi connectivity index (χ4v) is 4.00. The Labute approximate surface area is 173 Å². The van der Waals surface area contributed by atoms with Gasteiger partial charge in [-0.25, -0.2) is 0 Å². The van der Waals surface area contributed by atoms with Crippen LogP contribution >= 0.6 is 35.0 Å². The quantitative estimate of drug-likeness (QED) is 0.334. The van der Waals surface area contributed by atoms with Gasteiger partial charge >= 0.3 is 0 Å². The van der Waals surface area contributed by atoms with Crippen LogP contribution in [0.4, 0.5) is 0 Å². The Hall–Kier alpha value is -1.95. The van der Waals surface area contributed by atoms with Crippen molar-refractivity contribution in [3.8, 4) is 5.75 Å². The largest absolute Gasteiger partial charge is 0.484 e. The van der Waals surface area contributed by atoms with E-state index in [1.165, 1.54) is 11.1 Å². The molecule has 7 heteroatoms. The Balaban J connectivity index is 1.72. The van der Waals surface area contributed by atoms with Crippen molar-refractivity contribution in [2.24, 2.45) is 0 Å². The van der Waals surface area contributed by atoms with Crippen LogP contribution in [0.3, 0.4) is 0 Å². The fraction of sp³-hybridized carbons (Fsp3) is 0.200. The first-order valence-electron chi connectivity index (χ1n) is 8.36. The molecule has 0 aliphatic heterocycles. The molecule has 3 aromatic rings. The number of halogens is 2. The Bertz CT molecular complexity index is 943. The van der Waals surface area contributed by atoms with Crippen LogP contribution in [0.15, 0.2) is 60.3 Å². The summed E-state index contributed by atoms with van der Waals surface area (Å²) in [6, 6.07) is 13.5. The predicted octanol–water partition coefficient (Wildman–Crippen LogP) is 5.95. The van der Waals surface area contributed by atoms with Crippen LogP contribution < -0.4 is 4.74 Å². The standard InChI is InChI=1S/C20H19Cl2N3OS/c1-3-10-25-19(12-26-18-9-8-16(21)11-17(18)22)23-24-20(25)27-13-15-7-5-4-6-14(15)2/h3-9,11H,1,10,12-13H2,2H3. The van der Waals surface area contributed by atoms with Crippen molar-refractivity contribution in [3.63, 3.8) is 0 Å². The summed E-state index contributed by atoms with van der Waals surface area (Å²) in [6.07, 6.45) is 1.82. The number of hydrogen-bond acceptors (Lipinski definition) is 4. The Kier molecular flexibility index (Phi) is 6.83. The lowest BCUT2D eigenvalue weighted by atomic mass is 10.1. The smallest absolute Gasteiger partial charge is 0.191 e. The van der Waals surface area contributed by atoms with E-state index < -0.39 is 0 Å². The molecule has 1 heterocycles. The van der Waals surface area contributed by atoms with Gasteiger partial charge in [0.1, 0.15) is 12.4 Å². The van der Waals surface area contributed by atoms with Crippen molar-refractivity contribution in [2.45, 2.75) is 31.0 Å². The highest BCUT2D eigenvalue weighted by molar-refractivity contribution is 7.98. The Morgan fingerprint density at radius 3 is 2.74 bits per heavy atom. The molecule has 0 fully saturated rings. The van der Waals surface area contributed by atoms with Gasteiger partial charge in [0.05, 0.1) is 5.02 Å². The topological polar surface area (TPSA) is 39.9 Å². The summed E-state index contributed by atoms with van der Waals surface area (Å²) in [4.78, 5) is 0. The number of allylic oxidation sites excluding steroid dienone is 1. The van der Waals surface area contributed by atoms with E-state index in [0.717, 1.165) is 10.9 Å². The summed E-state index contributed by atoms with van der Waals surface area (Å²) < 4.78 is 7.80. The summed E-state index contributed by atoms with van der Waals surface area (Å²) >= 11 is 13.7. The van der Waals surface area contributed by atoms with E-state index in [1.807, 2.05) is 22.8 Å². The van der Waals surface area contributed by atoms with Gasteiger partial charge < -0.3 is 4.74 Å². The number of aryl methyl sites for hydroxylation is 1. The minimum atomic E-state index is 0.257. The summed E-state index contributed by atoms with van der Waals surface area (Å²) in [5.41, 5.74) is 2.54. The first-order chi connectivity index (χ1) is 13.1. The zero-order chi connectivity index (χ0) is 19.2. The highest BCUT2D eigenvalue weighted by atomic mass is 35.5. The molecule has 3 rings (SSSR count). The second kappa shape index (κ2) is 9.31. The average molecular weight is 420 g/mol. The monoisotopic (exact) mass is 419 g/mol. The number of nitrogens with zero attached hydrogens (tertiary/aromatic N) is 3. The molecular formula is C20H19Cl2N3OS. The van der Waals surface area contributed by atoms with Crippen molar-refractivity contribution in [2.75, 3.05) is 0 Å². The number of rotatable bonds is 8. The highest BCUT2D eigenvalue weighted by Crippen LogP contribution is 2.29. The normalized spacial score (nSPS) is 10.8. The second-order valence-corrected chi connectivity index (χ2v) is 7.66. The van der Waals surface area contributed by atoms with Crippen LogP contribution in [-0.2, 0) is 18.9 Å². The Morgan fingerprint density at radius 1 is 1.19 bits per heavy atom. The average Bonchev–Trinajstić information content (AvgIpc) is 3.02. The SMILES string of the molecule is C=CCn1c(COc2ccc(Cl)cc2Cl)nnc1SCc1ccccc1C. The van der Waals surface area contributed by atoms with Crippen LogP contribution in [-0.4, -0.2) is 14.8 Å². The van der Waals surface area contributed by atoms with Gasteiger partial charge in [0.2, 0.25) is 0 Å². The first-order valence-corrected chi connectivity index (χ1v) is 10.1. The molecule has 0 unspecified atom stereocenters. The van der Waals surface area contributed by atoms with Crippen molar-refractivity contribution >= 4 is 35.0 Å². The molecule has 1 aromatic heterocycles. The maximum Gasteiger partial charge on any atom is 0.191 e. The molecule has 0 N–H and O–H groups in total. The molecule has 0 radical (unpaired) electrons. The van der Waals surface area contributed by atoms with Crippen LogP contribution in [0, 0.1) is 6.92 Å². The zero-order valence-corrected chi connectivity index (χ0v) is 17.2. The number of ether oxygens (including phenoxy) is 1. The van der Waals surface area contributed by atoms with Crippen molar-refractivity contribution < 1.29 is 4.74 Å². The molecule has 140 valence electrons. The molecule has 27 heavy (non-hydrogen) atoms. The molecule has 0 bridgehead atoms. The van der Waals surface area contributed by atoms with Crippen LogP contribution in [0.5, 0.6) is 5.75 Å². The van der Waals surface area contributed by atoms with E-state index in [2.05, 4.69) is 35.8 Å². The van der Waals surface area contributed by atoms with Gasteiger partial charge in [0, 0.05) is 17.3 Å². The zero-order valence-electron chi connectivity index (χ0n) is 14.9. The predicted molar refractivity (Wildman–Crippen MR) is 112 cm³/mol. The summed E-state index contributed by atoms with van der Waals surface area (Å²) in [6.45, 7) is 6.81. The van der Waals surface area contributed by atoms with Gasteiger partial charge in [-0.2, -0.15) is 0 Å². The lowest BCUT2D eigenvalue weighted by Gasteiger charge is -2.10. The van der Waals surface area contributed by atoms with E-state index in [-0.39, 0.29) is 6.61 Å². The number of thioether (sulfide) groups is 1. The van der Waals surface area contributed by atoms with E-state index in [1.54, 1.807) is 30.0 Å². The lowest BCUT2D eigenvalue weighted by molar-refractivity contribution is 0.289. The first kappa shape index (κ1) is 19.8. The molecule has 4 nitrogen and oxygen atoms in total. The molecule has 0 saturated heterocycles. The van der Waals surface area contributed by atoms with Gasteiger partial charge in [-0.3, -0.25) is 4.57 Å². The maximum absolute atomic E-state index is 6.16. The van der Waals surface area contributed by atoms with E-state index in [0.29, 0.717) is 28.2 Å². The number of aromatic nitrogens is 3. The van der Waals surface area contributed by atoms with Gasteiger partial charge in [0.25, 0.3) is 0 Å². The van der Waals surface area contributed by atoms with Crippen LogP contribution in [0.2, 0.25) is 10.0 Å². The molecule has 0 aliphatic carbocycles. The van der Waals surface area contributed by atoms with E-state index >= 15 is 0 Å². The summed E-state index contributed by atoms with van der Waals surface area (Å²) in [5, 5.41) is 10.5. The van der Waals surface area contributed by atoms with E-state index in [4.69, 9.17) is 27.9 Å². The summed E-state index contributed by atoms with van der Waals surface area (Å²) in [7, 11) is 0. The number of hydrogen-bond donors (Lipinski definition) is 0. The van der Waals surface area contributed by atoms with Gasteiger partial charge in [-0.05, 0) is 36.2 Å².